The highest BCUT2D eigenvalue weighted by Crippen LogP contribution is 2.41. The van der Waals surface area contributed by atoms with Gasteiger partial charge in [0.2, 0.25) is 0 Å². The topological polar surface area (TPSA) is 28.2 Å². The lowest BCUT2D eigenvalue weighted by molar-refractivity contribution is 1.22. The van der Waals surface area contributed by atoms with Crippen molar-refractivity contribution in [2.45, 2.75) is 0 Å². The van der Waals surface area contributed by atoms with Gasteiger partial charge in [0.05, 0.1) is 0 Å². The third kappa shape index (κ3) is 3.46. The minimum absolute atomic E-state index is 0.882. The average Bonchev–Trinajstić information content (AvgIpc) is 3.13. The lowest BCUT2D eigenvalue weighted by Gasteiger charge is -2.18. The van der Waals surface area contributed by atoms with Crippen LogP contribution in [0.1, 0.15) is 0 Å². The van der Waals surface area contributed by atoms with Gasteiger partial charge in [0.1, 0.15) is 10.7 Å². The zero-order valence-corrected chi connectivity index (χ0v) is 15.3. The number of benzene rings is 3. The van der Waals surface area contributed by atoms with E-state index in [-0.39, 0.29) is 0 Å². The molecule has 4 rings (SSSR count). The molecular formula is C22H19N3S. The molecular weight excluding hydrogens is 338 g/mol. The van der Waals surface area contributed by atoms with Crippen molar-refractivity contribution in [3.63, 3.8) is 0 Å². The van der Waals surface area contributed by atoms with E-state index in [1.807, 2.05) is 54.6 Å². The minimum atomic E-state index is 0.882. The quantitative estimate of drug-likeness (QED) is 0.453. The summed E-state index contributed by atoms with van der Waals surface area (Å²) in [6, 6.07) is 30.8. The molecule has 26 heavy (non-hydrogen) atoms. The van der Waals surface area contributed by atoms with Gasteiger partial charge in [0.25, 0.3) is 0 Å². The Morgan fingerprint density at radius 3 is 2.00 bits per heavy atom. The molecule has 0 spiro atoms. The Hall–Kier alpha value is -3.11. The fraction of sp³-hybridized carbons (Fsp3) is 0.0455. The number of nitrogens with zero attached hydrogens (tertiary/aromatic N) is 2. The van der Waals surface area contributed by atoms with E-state index in [2.05, 4.69) is 53.7 Å². The van der Waals surface area contributed by atoms with Gasteiger partial charge < -0.3 is 10.2 Å². The Morgan fingerprint density at radius 2 is 1.35 bits per heavy atom. The van der Waals surface area contributed by atoms with Gasteiger partial charge in [-0.15, -0.1) is 0 Å². The molecule has 3 nitrogen and oxygen atoms in total. The smallest absolute Gasteiger partial charge is 0.189 e. The average molecular weight is 357 g/mol. The van der Waals surface area contributed by atoms with E-state index in [1.165, 1.54) is 0 Å². The van der Waals surface area contributed by atoms with Gasteiger partial charge in [-0.3, -0.25) is 0 Å². The predicted octanol–water partition coefficient (Wildman–Crippen LogP) is 6.32. The summed E-state index contributed by atoms with van der Waals surface area (Å²) in [4.78, 5) is 7.08. The molecule has 0 fully saturated rings. The fourth-order valence-corrected chi connectivity index (χ4v) is 3.78. The lowest BCUT2D eigenvalue weighted by Crippen LogP contribution is -2.08. The second kappa shape index (κ2) is 7.42. The van der Waals surface area contributed by atoms with Gasteiger partial charge in [-0.25, -0.2) is 4.98 Å². The first-order valence-corrected chi connectivity index (χ1v) is 9.30. The fourth-order valence-electron chi connectivity index (χ4n) is 2.79. The van der Waals surface area contributed by atoms with Gasteiger partial charge in [0, 0.05) is 24.0 Å². The first-order chi connectivity index (χ1) is 12.8. The molecule has 0 bridgehead atoms. The first-order valence-electron chi connectivity index (χ1n) is 8.48. The molecule has 0 radical (unpaired) electrons. The first kappa shape index (κ1) is 16.4. The van der Waals surface area contributed by atoms with Crippen LogP contribution in [-0.2, 0) is 0 Å². The summed E-state index contributed by atoms with van der Waals surface area (Å²) in [5, 5.41) is 5.42. The van der Waals surface area contributed by atoms with Crippen molar-refractivity contribution in [1.82, 2.24) is 4.98 Å². The minimum Gasteiger partial charge on any atom is -0.334 e. The van der Waals surface area contributed by atoms with Gasteiger partial charge in [-0.2, -0.15) is 0 Å². The molecule has 0 atom stereocenters. The monoisotopic (exact) mass is 357 g/mol. The molecule has 0 aliphatic carbocycles. The van der Waals surface area contributed by atoms with Crippen LogP contribution in [-0.4, -0.2) is 12.0 Å². The van der Waals surface area contributed by atoms with Crippen LogP contribution in [0.2, 0.25) is 0 Å². The van der Waals surface area contributed by atoms with Crippen LogP contribution in [0.4, 0.5) is 21.5 Å². The van der Waals surface area contributed by atoms with Crippen LogP contribution in [0.5, 0.6) is 0 Å². The predicted molar refractivity (Wildman–Crippen MR) is 112 cm³/mol. The van der Waals surface area contributed by atoms with Crippen molar-refractivity contribution in [2.75, 3.05) is 17.3 Å². The molecule has 1 N–H and O–H groups in total. The van der Waals surface area contributed by atoms with Gasteiger partial charge >= 0.3 is 0 Å². The van der Waals surface area contributed by atoms with Crippen LogP contribution >= 0.6 is 11.3 Å². The summed E-state index contributed by atoms with van der Waals surface area (Å²) >= 11 is 1.66. The molecule has 0 aliphatic heterocycles. The van der Waals surface area contributed by atoms with Crippen LogP contribution < -0.4 is 10.2 Å². The van der Waals surface area contributed by atoms with E-state index in [0.717, 1.165) is 32.8 Å². The second-order valence-electron chi connectivity index (χ2n) is 5.92. The second-order valence-corrected chi connectivity index (χ2v) is 6.90. The largest absolute Gasteiger partial charge is 0.334 e. The van der Waals surface area contributed by atoms with Gasteiger partial charge in [-0.05, 0) is 24.3 Å². The summed E-state index contributed by atoms with van der Waals surface area (Å²) in [7, 11) is 2.08. The Morgan fingerprint density at radius 1 is 0.769 bits per heavy atom. The molecule has 0 saturated heterocycles. The molecule has 0 saturated carbocycles. The number of nitrogens with one attached hydrogen (secondary N) is 1. The zero-order chi connectivity index (χ0) is 17.8. The SMILES string of the molecule is CN(c1ccccc1)c1sc(Nc2ccccc2)nc1-c1ccccc1. The van der Waals surface area contributed by atoms with E-state index >= 15 is 0 Å². The highest BCUT2D eigenvalue weighted by Gasteiger charge is 2.17. The Kier molecular flexibility index (Phi) is 4.67. The number of aromatic nitrogens is 1. The summed E-state index contributed by atoms with van der Waals surface area (Å²) in [6.45, 7) is 0. The number of hydrogen-bond acceptors (Lipinski definition) is 4. The Labute approximate surface area is 157 Å². The van der Waals surface area contributed by atoms with E-state index in [0.29, 0.717) is 0 Å². The number of para-hydroxylation sites is 2. The number of thiazole rings is 1. The van der Waals surface area contributed by atoms with Gasteiger partial charge in [0.15, 0.2) is 5.13 Å². The third-order valence-electron chi connectivity index (χ3n) is 4.13. The highest BCUT2D eigenvalue weighted by atomic mass is 32.1. The lowest BCUT2D eigenvalue weighted by atomic mass is 10.1. The third-order valence-corrected chi connectivity index (χ3v) is 5.18. The van der Waals surface area contributed by atoms with E-state index in [4.69, 9.17) is 4.98 Å². The molecule has 1 aromatic heterocycles. The Bertz CT molecular complexity index is 966. The standard InChI is InChI=1S/C22H19N3S/c1-25(19-15-9-4-10-16-19)21-20(17-11-5-2-6-12-17)24-22(26-21)23-18-13-7-3-8-14-18/h2-16H,1H3,(H,23,24). The van der Waals surface area contributed by atoms with Crippen LogP contribution in [0.25, 0.3) is 11.3 Å². The number of hydrogen-bond donors (Lipinski definition) is 1. The van der Waals surface area contributed by atoms with Crippen LogP contribution in [0.15, 0.2) is 91.0 Å². The molecule has 128 valence electrons. The zero-order valence-electron chi connectivity index (χ0n) is 14.5. The maximum atomic E-state index is 4.89. The van der Waals surface area contributed by atoms with Crippen LogP contribution in [0, 0.1) is 0 Å². The van der Waals surface area contributed by atoms with E-state index in [1.54, 1.807) is 11.3 Å². The molecule has 4 heteroatoms. The summed E-state index contributed by atoms with van der Waals surface area (Å²) < 4.78 is 0. The number of anilines is 4. The van der Waals surface area contributed by atoms with Crippen LogP contribution in [0.3, 0.4) is 0 Å². The normalized spacial score (nSPS) is 10.5. The van der Waals surface area contributed by atoms with Crippen molar-refractivity contribution in [1.29, 1.82) is 0 Å². The van der Waals surface area contributed by atoms with Crippen molar-refractivity contribution < 1.29 is 0 Å². The Balaban J connectivity index is 1.76. The van der Waals surface area contributed by atoms with Crippen molar-refractivity contribution in [2.24, 2.45) is 0 Å². The molecule has 3 aromatic carbocycles. The molecule has 4 aromatic rings. The van der Waals surface area contributed by atoms with Crippen molar-refractivity contribution in [3.8, 4) is 11.3 Å². The maximum Gasteiger partial charge on any atom is 0.189 e. The molecule has 0 aliphatic rings. The van der Waals surface area contributed by atoms with E-state index < -0.39 is 0 Å². The summed E-state index contributed by atoms with van der Waals surface area (Å²) in [5.41, 5.74) is 4.28. The summed E-state index contributed by atoms with van der Waals surface area (Å²) in [5.74, 6) is 0. The van der Waals surface area contributed by atoms with Crippen molar-refractivity contribution in [3.05, 3.63) is 91.0 Å². The van der Waals surface area contributed by atoms with Crippen molar-refractivity contribution >= 4 is 32.8 Å². The number of rotatable bonds is 5. The highest BCUT2D eigenvalue weighted by molar-refractivity contribution is 7.20. The molecule has 0 unspecified atom stereocenters. The van der Waals surface area contributed by atoms with Gasteiger partial charge in [-0.1, -0.05) is 78.1 Å². The summed E-state index contributed by atoms with van der Waals surface area (Å²) in [6.07, 6.45) is 0. The molecule has 0 amide bonds. The maximum absolute atomic E-state index is 4.89. The molecule has 1 heterocycles. The van der Waals surface area contributed by atoms with E-state index in [9.17, 15) is 0 Å².